The number of rotatable bonds is 7. The number of nitrogens with zero attached hydrogens (tertiary/aromatic N) is 3. The third-order valence-electron chi connectivity index (χ3n) is 13.4. The average molecular weight is 842 g/mol. The van der Waals surface area contributed by atoms with Crippen molar-refractivity contribution in [2.45, 2.75) is 5.41 Å². The van der Waals surface area contributed by atoms with Crippen molar-refractivity contribution in [3.05, 3.63) is 259 Å². The molecule has 0 saturated carbocycles. The van der Waals surface area contributed by atoms with Gasteiger partial charge in [0.15, 0.2) is 17.5 Å². The number of benzene rings is 10. The summed E-state index contributed by atoms with van der Waals surface area (Å²) in [5.74, 6) is 1.84. The highest BCUT2D eigenvalue weighted by Crippen LogP contribution is 2.57. The molecule has 1 aliphatic rings. The van der Waals surface area contributed by atoms with Gasteiger partial charge in [0.25, 0.3) is 0 Å². The van der Waals surface area contributed by atoms with Crippen molar-refractivity contribution in [1.82, 2.24) is 15.0 Å². The molecule has 308 valence electrons. The van der Waals surface area contributed by atoms with Gasteiger partial charge in [-0.3, -0.25) is 0 Å². The van der Waals surface area contributed by atoms with Crippen LogP contribution in [0.15, 0.2) is 241 Å². The van der Waals surface area contributed by atoms with Crippen molar-refractivity contribution in [1.29, 1.82) is 0 Å². The van der Waals surface area contributed by atoms with E-state index in [2.05, 4.69) is 164 Å². The summed E-state index contributed by atoms with van der Waals surface area (Å²) in [5, 5.41) is 4.37. The Morgan fingerprint density at radius 1 is 0.303 bits per heavy atom. The van der Waals surface area contributed by atoms with Crippen molar-refractivity contribution < 1.29 is 4.42 Å². The molecule has 0 amide bonds. The predicted molar refractivity (Wildman–Crippen MR) is 269 cm³/mol. The molecule has 66 heavy (non-hydrogen) atoms. The number of furan rings is 1. The molecule has 0 spiro atoms. The molecule has 0 bridgehead atoms. The molecule has 2 aromatic heterocycles. The third kappa shape index (κ3) is 5.96. The van der Waals surface area contributed by atoms with E-state index in [1.165, 1.54) is 55.3 Å². The largest absolute Gasteiger partial charge is 0.456 e. The van der Waals surface area contributed by atoms with E-state index in [1.54, 1.807) is 0 Å². The first kappa shape index (κ1) is 37.8. The SMILES string of the molecule is c1ccc(-c2nc(-c3ccccc3)nc(-c3cccc4oc5ccc(-c6ccc7c(-c8ccc9c(c8)C(c8ccccc8)(c8ccccc8)c8ccccc8-9)cccc7c6)cc5c34)n2)cc1. The van der Waals surface area contributed by atoms with Crippen LogP contribution in [-0.4, -0.2) is 15.0 Å². The summed E-state index contributed by atoms with van der Waals surface area (Å²) < 4.78 is 6.52. The van der Waals surface area contributed by atoms with E-state index in [1.807, 2.05) is 72.8 Å². The lowest BCUT2D eigenvalue weighted by molar-refractivity contribution is 0.669. The molecule has 0 unspecified atom stereocenters. The Morgan fingerprint density at radius 2 is 0.848 bits per heavy atom. The first-order valence-electron chi connectivity index (χ1n) is 22.4. The minimum atomic E-state index is -0.462. The average Bonchev–Trinajstić information content (AvgIpc) is 3.92. The highest BCUT2D eigenvalue weighted by Gasteiger charge is 2.46. The Morgan fingerprint density at radius 3 is 1.56 bits per heavy atom. The summed E-state index contributed by atoms with van der Waals surface area (Å²) in [6.07, 6.45) is 0. The first-order valence-corrected chi connectivity index (χ1v) is 22.4. The van der Waals surface area contributed by atoms with Gasteiger partial charge >= 0.3 is 0 Å². The lowest BCUT2D eigenvalue weighted by Crippen LogP contribution is -2.28. The van der Waals surface area contributed by atoms with Gasteiger partial charge in [-0.15, -0.1) is 0 Å². The van der Waals surface area contributed by atoms with Crippen LogP contribution in [0.2, 0.25) is 0 Å². The summed E-state index contributed by atoms with van der Waals surface area (Å²) >= 11 is 0. The second kappa shape index (κ2) is 15.2. The van der Waals surface area contributed by atoms with Gasteiger partial charge in [0.2, 0.25) is 0 Å². The number of fused-ring (bicyclic) bond motifs is 7. The molecule has 0 radical (unpaired) electrons. The summed E-state index contributed by atoms with van der Waals surface area (Å²) in [6.45, 7) is 0. The van der Waals surface area contributed by atoms with E-state index in [4.69, 9.17) is 19.4 Å². The maximum absolute atomic E-state index is 6.52. The molecule has 4 heteroatoms. The summed E-state index contributed by atoms with van der Waals surface area (Å²) in [5.41, 5.74) is 16.2. The van der Waals surface area contributed by atoms with Gasteiger partial charge in [0, 0.05) is 27.5 Å². The molecule has 1 aliphatic carbocycles. The zero-order chi connectivity index (χ0) is 43.6. The molecule has 0 fully saturated rings. The Kier molecular flexibility index (Phi) is 8.72. The van der Waals surface area contributed by atoms with Gasteiger partial charge in [-0.25, -0.2) is 15.0 Å². The van der Waals surface area contributed by atoms with Crippen molar-refractivity contribution in [2.24, 2.45) is 0 Å². The Bertz CT molecular complexity index is 3710. The fourth-order valence-electron chi connectivity index (χ4n) is 10.4. The molecule has 13 rings (SSSR count). The molecule has 0 atom stereocenters. The standard InChI is InChI=1S/C62H39N3O/c1-5-17-40(18-6-1)59-63-60(41-19-7-2-8-20-41)65-61(64-59)52-28-16-30-57-58(52)53-38-43(33-36-56(53)66-57)42-31-34-49-44(37-42)21-15-27-48(49)45-32-35-51-50-26-13-14-29-54(50)62(55(51)39-45,46-22-9-3-10-23-46)47-24-11-4-12-25-47/h1-39H. The van der Waals surface area contributed by atoms with Crippen LogP contribution in [0.3, 0.4) is 0 Å². The zero-order valence-electron chi connectivity index (χ0n) is 35.8. The lowest BCUT2D eigenvalue weighted by atomic mass is 9.67. The smallest absolute Gasteiger partial charge is 0.164 e. The summed E-state index contributed by atoms with van der Waals surface area (Å²) in [4.78, 5) is 15.1. The third-order valence-corrected chi connectivity index (χ3v) is 13.4. The Balaban J connectivity index is 0.931. The molecule has 2 heterocycles. The topological polar surface area (TPSA) is 51.8 Å². The fourth-order valence-corrected chi connectivity index (χ4v) is 10.4. The van der Waals surface area contributed by atoms with E-state index in [0.717, 1.165) is 49.8 Å². The molecular weight excluding hydrogens is 803 g/mol. The van der Waals surface area contributed by atoms with E-state index < -0.39 is 5.41 Å². The lowest BCUT2D eigenvalue weighted by Gasteiger charge is -2.34. The second-order valence-electron chi connectivity index (χ2n) is 17.1. The second-order valence-corrected chi connectivity index (χ2v) is 17.1. The predicted octanol–water partition coefficient (Wildman–Crippen LogP) is 15.6. The minimum absolute atomic E-state index is 0.462. The van der Waals surface area contributed by atoms with Gasteiger partial charge in [-0.2, -0.15) is 0 Å². The molecule has 12 aromatic rings. The number of aromatic nitrogens is 3. The van der Waals surface area contributed by atoms with E-state index in [9.17, 15) is 0 Å². The molecule has 0 N–H and O–H groups in total. The fraction of sp³-hybridized carbons (Fsp3) is 0.0161. The molecular formula is C62H39N3O. The van der Waals surface area contributed by atoms with Crippen LogP contribution in [0.4, 0.5) is 0 Å². The normalized spacial score (nSPS) is 12.7. The maximum Gasteiger partial charge on any atom is 0.164 e. The monoisotopic (exact) mass is 841 g/mol. The van der Waals surface area contributed by atoms with E-state index >= 15 is 0 Å². The van der Waals surface area contributed by atoms with Gasteiger partial charge in [0.05, 0.1) is 5.41 Å². The van der Waals surface area contributed by atoms with Gasteiger partial charge in [0.1, 0.15) is 11.2 Å². The van der Waals surface area contributed by atoms with Crippen LogP contribution < -0.4 is 0 Å². The summed E-state index contributed by atoms with van der Waals surface area (Å²) in [7, 11) is 0. The minimum Gasteiger partial charge on any atom is -0.456 e. The Labute approximate surface area is 382 Å². The van der Waals surface area contributed by atoms with Crippen molar-refractivity contribution in [2.75, 3.05) is 0 Å². The van der Waals surface area contributed by atoms with Crippen molar-refractivity contribution >= 4 is 32.7 Å². The van der Waals surface area contributed by atoms with Gasteiger partial charge in [-0.1, -0.05) is 206 Å². The van der Waals surface area contributed by atoms with Crippen LogP contribution in [-0.2, 0) is 5.41 Å². The quantitative estimate of drug-likeness (QED) is 0.160. The van der Waals surface area contributed by atoms with Crippen molar-refractivity contribution in [3.8, 4) is 67.5 Å². The molecule has 0 saturated heterocycles. The molecule has 4 nitrogen and oxygen atoms in total. The van der Waals surface area contributed by atoms with Crippen LogP contribution in [0.5, 0.6) is 0 Å². The Hall–Kier alpha value is -8.73. The van der Waals surface area contributed by atoms with Gasteiger partial charge in [-0.05, 0) is 96.7 Å². The zero-order valence-corrected chi connectivity index (χ0v) is 35.8. The number of hydrogen-bond acceptors (Lipinski definition) is 4. The van der Waals surface area contributed by atoms with Crippen LogP contribution in [0.1, 0.15) is 22.3 Å². The highest BCUT2D eigenvalue weighted by molar-refractivity contribution is 6.13. The van der Waals surface area contributed by atoms with E-state index in [0.29, 0.717) is 17.5 Å². The van der Waals surface area contributed by atoms with Gasteiger partial charge < -0.3 is 4.42 Å². The summed E-state index contributed by atoms with van der Waals surface area (Å²) in [6, 6.07) is 84.4. The van der Waals surface area contributed by atoms with Crippen LogP contribution >= 0.6 is 0 Å². The maximum atomic E-state index is 6.52. The van der Waals surface area contributed by atoms with Crippen LogP contribution in [0.25, 0.3) is 100 Å². The number of hydrogen-bond donors (Lipinski definition) is 0. The van der Waals surface area contributed by atoms with Crippen molar-refractivity contribution in [3.63, 3.8) is 0 Å². The van der Waals surface area contributed by atoms with Crippen LogP contribution in [0, 0.1) is 0 Å². The molecule has 0 aliphatic heterocycles. The van der Waals surface area contributed by atoms with E-state index in [-0.39, 0.29) is 0 Å². The molecule has 10 aromatic carbocycles. The first-order chi connectivity index (χ1) is 32.7. The highest BCUT2D eigenvalue weighted by atomic mass is 16.3.